The van der Waals surface area contributed by atoms with E-state index in [1.54, 1.807) is 4.90 Å². The van der Waals surface area contributed by atoms with E-state index in [0.717, 1.165) is 11.3 Å². The van der Waals surface area contributed by atoms with Gasteiger partial charge in [-0.2, -0.15) is 0 Å². The lowest BCUT2D eigenvalue weighted by atomic mass is 9.84. The molecule has 1 fully saturated rings. The molecule has 3 amide bonds. The van der Waals surface area contributed by atoms with Crippen molar-refractivity contribution in [3.8, 4) is 0 Å². The summed E-state index contributed by atoms with van der Waals surface area (Å²) in [5.41, 5.74) is 2.26. The smallest absolute Gasteiger partial charge is 0.249 e. The Morgan fingerprint density at radius 1 is 1.22 bits per heavy atom. The Bertz CT molecular complexity index is 706. The van der Waals surface area contributed by atoms with Gasteiger partial charge in [0.15, 0.2) is 0 Å². The van der Waals surface area contributed by atoms with E-state index in [9.17, 15) is 14.4 Å². The highest BCUT2D eigenvalue weighted by molar-refractivity contribution is 6.13. The SMILES string of the molecule is CC(C)c1ccc2c(c1)C(C)(C)C(=O)N2C1CCC(=O)NC1=O. The Morgan fingerprint density at radius 2 is 1.91 bits per heavy atom. The summed E-state index contributed by atoms with van der Waals surface area (Å²) in [4.78, 5) is 38.1. The first kappa shape index (κ1) is 15.7. The van der Waals surface area contributed by atoms with Crippen molar-refractivity contribution in [1.82, 2.24) is 5.32 Å². The summed E-state index contributed by atoms with van der Waals surface area (Å²) in [5.74, 6) is -0.363. The van der Waals surface area contributed by atoms with Gasteiger partial charge in [0, 0.05) is 12.1 Å². The van der Waals surface area contributed by atoms with Crippen molar-refractivity contribution in [1.29, 1.82) is 0 Å². The van der Waals surface area contributed by atoms with Crippen molar-refractivity contribution in [2.75, 3.05) is 4.90 Å². The highest BCUT2D eigenvalue weighted by Gasteiger charge is 2.49. The molecular weight excluding hydrogens is 292 g/mol. The van der Waals surface area contributed by atoms with Gasteiger partial charge >= 0.3 is 0 Å². The van der Waals surface area contributed by atoms with E-state index >= 15 is 0 Å². The molecule has 1 saturated heterocycles. The predicted octanol–water partition coefficient (Wildman–Crippen LogP) is 2.24. The standard InChI is InChI=1S/C18H22N2O3/c1-10(2)11-5-6-13-12(9-11)18(3,4)17(23)20(13)14-7-8-15(21)19-16(14)22/h5-6,9-10,14H,7-8H2,1-4H3,(H,19,21,22). The zero-order chi connectivity index (χ0) is 16.9. The van der Waals surface area contributed by atoms with Crippen molar-refractivity contribution in [3.63, 3.8) is 0 Å². The fraction of sp³-hybridized carbons (Fsp3) is 0.500. The molecule has 0 aliphatic carbocycles. The van der Waals surface area contributed by atoms with E-state index in [-0.39, 0.29) is 24.1 Å². The molecule has 1 aromatic rings. The third-order valence-electron chi connectivity index (χ3n) is 4.90. The van der Waals surface area contributed by atoms with Crippen LogP contribution in [0.4, 0.5) is 5.69 Å². The fourth-order valence-electron chi connectivity index (χ4n) is 3.39. The molecule has 2 heterocycles. The van der Waals surface area contributed by atoms with Gasteiger partial charge in [0.1, 0.15) is 6.04 Å². The number of carbonyl (C=O) groups excluding carboxylic acids is 3. The molecule has 1 aromatic carbocycles. The second-order valence-corrected chi connectivity index (χ2v) is 7.20. The van der Waals surface area contributed by atoms with Gasteiger partial charge in [0.05, 0.1) is 5.41 Å². The van der Waals surface area contributed by atoms with Crippen LogP contribution in [0.5, 0.6) is 0 Å². The number of imide groups is 1. The van der Waals surface area contributed by atoms with Gasteiger partial charge in [-0.1, -0.05) is 26.0 Å². The molecule has 2 aliphatic rings. The number of rotatable bonds is 2. The summed E-state index contributed by atoms with van der Waals surface area (Å²) in [6.07, 6.45) is 0.637. The number of benzene rings is 1. The largest absolute Gasteiger partial charge is 0.299 e. The molecule has 0 spiro atoms. The summed E-state index contributed by atoms with van der Waals surface area (Å²) in [7, 11) is 0. The quantitative estimate of drug-likeness (QED) is 0.851. The number of nitrogens with zero attached hydrogens (tertiary/aromatic N) is 1. The first-order chi connectivity index (χ1) is 10.7. The van der Waals surface area contributed by atoms with E-state index in [1.807, 2.05) is 26.0 Å². The Balaban J connectivity index is 2.06. The lowest BCUT2D eigenvalue weighted by Gasteiger charge is -2.31. The van der Waals surface area contributed by atoms with Crippen molar-refractivity contribution in [2.45, 2.75) is 57.9 Å². The fourth-order valence-corrected chi connectivity index (χ4v) is 3.39. The van der Waals surface area contributed by atoms with E-state index in [1.165, 1.54) is 5.56 Å². The normalized spacial score (nSPS) is 23.3. The Morgan fingerprint density at radius 3 is 2.52 bits per heavy atom. The Hall–Kier alpha value is -2.17. The molecule has 5 heteroatoms. The lowest BCUT2D eigenvalue weighted by Crippen LogP contribution is -2.55. The van der Waals surface area contributed by atoms with Crippen LogP contribution in [-0.4, -0.2) is 23.8 Å². The molecule has 2 aliphatic heterocycles. The van der Waals surface area contributed by atoms with Gasteiger partial charge in [-0.3, -0.25) is 24.6 Å². The average Bonchev–Trinajstić information content (AvgIpc) is 2.67. The predicted molar refractivity (Wildman–Crippen MR) is 87.2 cm³/mol. The number of amides is 3. The van der Waals surface area contributed by atoms with Crippen LogP contribution in [0.1, 0.15) is 57.6 Å². The van der Waals surface area contributed by atoms with E-state index in [4.69, 9.17) is 0 Å². The molecule has 122 valence electrons. The van der Waals surface area contributed by atoms with Crippen LogP contribution in [0.3, 0.4) is 0 Å². The number of nitrogens with one attached hydrogen (secondary N) is 1. The molecule has 1 N–H and O–H groups in total. The minimum Gasteiger partial charge on any atom is -0.299 e. The summed E-state index contributed by atoms with van der Waals surface area (Å²) in [6, 6.07) is 5.41. The molecule has 1 atom stereocenters. The molecule has 0 saturated carbocycles. The van der Waals surface area contributed by atoms with Crippen molar-refractivity contribution < 1.29 is 14.4 Å². The molecule has 0 bridgehead atoms. The van der Waals surface area contributed by atoms with Gasteiger partial charge in [-0.15, -0.1) is 0 Å². The highest BCUT2D eigenvalue weighted by Crippen LogP contribution is 2.44. The van der Waals surface area contributed by atoms with Gasteiger partial charge < -0.3 is 0 Å². The van der Waals surface area contributed by atoms with Crippen molar-refractivity contribution in [3.05, 3.63) is 29.3 Å². The number of piperidine rings is 1. The molecule has 1 unspecified atom stereocenters. The highest BCUT2D eigenvalue weighted by atomic mass is 16.2. The summed E-state index contributed by atoms with van der Waals surface area (Å²) < 4.78 is 0. The first-order valence-electron chi connectivity index (χ1n) is 8.05. The second kappa shape index (κ2) is 5.18. The Kier molecular flexibility index (Phi) is 3.54. The van der Waals surface area contributed by atoms with Crippen molar-refractivity contribution in [2.24, 2.45) is 0 Å². The van der Waals surface area contributed by atoms with Crippen LogP contribution in [-0.2, 0) is 19.8 Å². The van der Waals surface area contributed by atoms with Crippen LogP contribution < -0.4 is 10.2 Å². The van der Waals surface area contributed by atoms with Gasteiger partial charge in [0.25, 0.3) is 0 Å². The molecule has 23 heavy (non-hydrogen) atoms. The van der Waals surface area contributed by atoms with Gasteiger partial charge in [0.2, 0.25) is 17.7 Å². The maximum Gasteiger partial charge on any atom is 0.249 e. The van der Waals surface area contributed by atoms with Crippen LogP contribution in [0.25, 0.3) is 0 Å². The number of hydrogen-bond donors (Lipinski definition) is 1. The number of carbonyl (C=O) groups is 3. The number of anilines is 1. The average molecular weight is 314 g/mol. The summed E-state index contributed by atoms with van der Waals surface area (Å²) in [6.45, 7) is 8.02. The molecule has 0 aromatic heterocycles. The van der Waals surface area contributed by atoms with Gasteiger partial charge in [-0.25, -0.2) is 0 Å². The van der Waals surface area contributed by atoms with E-state index in [2.05, 4.69) is 25.2 Å². The molecular formula is C18H22N2O3. The monoisotopic (exact) mass is 314 g/mol. The molecule has 3 rings (SSSR count). The van der Waals surface area contributed by atoms with Crippen LogP contribution in [0.2, 0.25) is 0 Å². The van der Waals surface area contributed by atoms with Crippen molar-refractivity contribution >= 4 is 23.4 Å². The topological polar surface area (TPSA) is 66.5 Å². The first-order valence-corrected chi connectivity index (χ1v) is 8.05. The minimum atomic E-state index is -0.665. The third kappa shape index (κ3) is 2.35. The maximum atomic E-state index is 13.0. The van der Waals surface area contributed by atoms with Gasteiger partial charge in [-0.05, 0) is 43.4 Å². The summed E-state index contributed by atoms with van der Waals surface area (Å²) in [5, 5.41) is 2.34. The van der Waals surface area contributed by atoms with Crippen LogP contribution >= 0.6 is 0 Å². The Labute approximate surface area is 136 Å². The third-order valence-corrected chi connectivity index (χ3v) is 4.90. The van der Waals surface area contributed by atoms with E-state index in [0.29, 0.717) is 12.3 Å². The summed E-state index contributed by atoms with van der Waals surface area (Å²) >= 11 is 0. The number of hydrogen-bond acceptors (Lipinski definition) is 3. The maximum absolute atomic E-state index is 13.0. The lowest BCUT2D eigenvalue weighted by molar-refractivity contribution is -0.136. The molecule has 5 nitrogen and oxygen atoms in total. The second-order valence-electron chi connectivity index (χ2n) is 7.20. The number of fused-ring (bicyclic) bond motifs is 1. The zero-order valence-electron chi connectivity index (χ0n) is 14.0. The zero-order valence-corrected chi connectivity index (χ0v) is 14.0. The van der Waals surface area contributed by atoms with Crippen LogP contribution in [0.15, 0.2) is 18.2 Å². The molecule has 0 radical (unpaired) electrons. The van der Waals surface area contributed by atoms with Crippen LogP contribution in [0, 0.1) is 0 Å². The minimum absolute atomic E-state index is 0.0806. The van der Waals surface area contributed by atoms with E-state index < -0.39 is 11.5 Å².